The number of nitrogens with one attached hydrogen (secondary N) is 1. The Morgan fingerprint density at radius 3 is 2.44 bits per heavy atom. The summed E-state index contributed by atoms with van der Waals surface area (Å²) in [5.41, 5.74) is 2.02. The minimum atomic E-state index is -0.660. The summed E-state index contributed by atoms with van der Waals surface area (Å²) in [5, 5.41) is 7.04. The van der Waals surface area contributed by atoms with E-state index in [9.17, 15) is 4.79 Å². The lowest BCUT2D eigenvalue weighted by molar-refractivity contribution is -0.122. The lowest BCUT2D eigenvalue weighted by Gasteiger charge is -2.13. The summed E-state index contributed by atoms with van der Waals surface area (Å²) < 4.78 is 7.33. The van der Waals surface area contributed by atoms with Gasteiger partial charge in [0.25, 0.3) is 5.91 Å². The maximum absolute atomic E-state index is 12.3. The molecule has 25 heavy (non-hydrogen) atoms. The van der Waals surface area contributed by atoms with Gasteiger partial charge in [-0.05, 0) is 45.0 Å². The van der Waals surface area contributed by atoms with E-state index >= 15 is 0 Å². The van der Waals surface area contributed by atoms with E-state index in [4.69, 9.17) is 4.74 Å². The van der Waals surface area contributed by atoms with Crippen molar-refractivity contribution in [1.29, 1.82) is 0 Å². The minimum absolute atomic E-state index is 0.255. The van der Waals surface area contributed by atoms with Crippen molar-refractivity contribution in [2.45, 2.75) is 26.9 Å². The second-order valence-electron chi connectivity index (χ2n) is 5.79. The second kappa shape index (κ2) is 7.17. The third-order valence-electron chi connectivity index (χ3n) is 3.71. The highest BCUT2D eigenvalue weighted by molar-refractivity contribution is 5.92. The fraction of sp³-hybridized carbons (Fsp3) is 0.211. The molecule has 3 aromatic rings. The number of ether oxygens (including phenoxy) is 1. The van der Waals surface area contributed by atoms with Crippen LogP contribution < -0.4 is 10.1 Å². The van der Waals surface area contributed by atoms with Gasteiger partial charge < -0.3 is 4.74 Å². The SMILES string of the molecule is Cc1ccc(OC(C)C(=O)Nc2nc(C)n(-c3ccccc3)n2)cc1. The largest absolute Gasteiger partial charge is 0.481 e. The number of amides is 1. The maximum atomic E-state index is 12.3. The van der Waals surface area contributed by atoms with Gasteiger partial charge >= 0.3 is 0 Å². The van der Waals surface area contributed by atoms with Crippen molar-refractivity contribution in [3.05, 3.63) is 66.0 Å². The lowest BCUT2D eigenvalue weighted by atomic mass is 10.2. The predicted octanol–water partition coefficient (Wildman–Crippen LogP) is 3.29. The van der Waals surface area contributed by atoms with Crippen LogP contribution >= 0.6 is 0 Å². The molecule has 0 aliphatic rings. The quantitative estimate of drug-likeness (QED) is 0.776. The van der Waals surface area contributed by atoms with Gasteiger partial charge in [0.15, 0.2) is 6.10 Å². The van der Waals surface area contributed by atoms with Crippen LogP contribution in [0.2, 0.25) is 0 Å². The van der Waals surface area contributed by atoms with Crippen molar-refractivity contribution in [2.24, 2.45) is 0 Å². The van der Waals surface area contributed by atoms with Crippen LogP contribution in [0.5, 0.6) is 5.75 Å². The highest BCUT2D eigenvalue weighted by Crippen LogP contribution is 2.15. The number of carbonyl (C=O) groups excluding carboxylic acids is 1. The van der Waals surface area contributed by atoms with Crippen LogP contribution in [0.15, 0.2) is 54.6 Å². The molecule has 0 radical (unpaired) electrons. The summed E-state index contributed by atoms with van der Waals surface area (Å²) in [6.45, 7) is 5.52. The highest BCUT2D eigenvalue weighted by atomic mass is 16.5. The number of anilines is 1. The molecule has 1 unspecified atom stereocenters. The first-order chi connectivity index (χ1) is 12.0. The standard InChI is InChI=1S/C19H20N4O2/c1-13-9-11-17(12-10-13)25-14(2)18(24)21-19-20-15(3)23(22-19)16-7-5-4-6-8-16/h4-12,14H,1-3H3,(H,21,22,24). The van der Waals surface area contributed by atoms with Crippen LogP contribution in [0, 0.1) is 13.8 Å². The zero-order valence-corrected chi connectivity index (χ0v) is 14.4. The monoisotopic (exact) mass is 336 g/mol. The Bertz CT molecular complexity index is 857. The molecule has 1 atom stereocenters. The lowest BCUT2D eigenvalue weighted by Crippen LogP contribution is -2.30. The first kappa shape index (κ1) is 16.7. The average Bonchev–Trinajstić information content (AvgIpc) is 2.98. The number of rotatable bonds is 5. The van der Waals surface area contributed by atoms with E-state index in [1.807, 2.05) is 68.4 Å². The van der Waals surface area contributed by atoms with Crippen molar-refractivity contribution in [1.82, 2.24) is 14.8 Å². The molecule has 1 amide bonds. The molecule has 6 heteroatoms. The summed E-state index contributed by atoms with van der Waals surface area (Å²) >= 11 is 0. The molecular weight excluding hydrogens is 316 g/mol. The topological polar surface area (TPSA) is 69.0 Å². The molecule has 0 spiro atoms. The molecule has 0 fully saturated rings. The van der Waals surface area contributed by atoms with Crippen molar-refractivity contribution in [3.8, 4) is 11.4 Å². The van der Waals surface area contributed by atoms with Gasteiger partial charge in [0.1, 0.15) is 11.6 Å². The number of aryl methyl sites for hydroxylation is 2. The normalized spacial score (nSPS) is 11.8. The van der Waals surface area contributed by atoms with Gasteiger partial charge in [-0.2, -0.15) is 4.98 Å². The first-order valence-corrected chi connectivity index (χ1v) is 8.06. The number of nitrogens with zero attached hydrogens (tertiary/aromatic N) is 3. The third kappa shape index (κ3) is 4.03. The van der Waals surface area contributed by atoms with Gasteiger partial charge in [0.2, 0.25) is 5.95 Å². The van der Waals surface area contributed by atoms with Gasteiger partial charge in [0, 0.05) is 0 Å². The Labute approximate surface area is 146 Å². The van der Waals surface area contributed by atoms with Crippen molar-refractivity contribution < 1.29 is 9.53 Å². The number of benzene rings is 2. The maximum Gasteiger partial charge on any atom is 0.267 e. The van der Waals surface area contributed by atoms with E-state index in [1.165, 1.54) is 0 Å². The van der Waals surface area contributed by atoms with Crippen LogP contribution in [0.4, 0.5) is 5.95 Å². The van der Waals surface area contributed by atoms with E-state index in [1.54, 1.807) is 11.6 Å². The van der Waals surface area contributed by atoms with Crippen LogP contribution in [0.1, 0.15) is 18.3 Å². The van der Waals surface area contributed by atoms with Crippen LogP contribution in [0.3, 0.4) is 0 Å². The Hall–Kier alpha value is -3.15. The molecule has 1 N–H and O–H groups in total. The number of hydrogen-bond donors (Lipinski definition) is 1. The molecule has 1 heterocycles. The van der Waals surface area contributed by atoms with E-state index in [-0.39, 0.29) is 11.9 Å². The van der Waals surface area contributed by atoms with Crippen molar-refractivity contribution in [3.63, 3.8) is 0 Å². The molecule has 0 aliphatic carbocycles. The van der Waals surface area contributed by atoms with E-state index in [0.29, 0.717) is 11.6 Å². The first-order valence-electron chi connectivity index (χ1n) is 8.06. The summed E-state index contributed by atoms with van der Waals surface area (Å²) in [4.78, 5) is 16.6. The summed E-state index contributed by atoms with van der Waals surface area (Å²) in [5.74, 6) is 1.29. The van der Waals surface area contributed by atoms with E-state index < -0.39 is 6.10 Å². The Balaban J connectivity index is 1.67. The Morgan fingerprint density at radius 1 is 1.08 bits per heavy atom. The molecule has 0 bridgehead atoms. The molecule has 128 valence electrons. The van der Waals surface area contributed by atoms with Gasteiger partial charge in [-0.15, -0.1) is 5.10 Å². The number of para-hydroxylation sites is 1. The Kier molecular flexibility index (Phi) is 4.79. The smallest absolute Gasteiger partial charge is 0.267 e. The van der Waals surface area contributed by atoms with E-state index in [2.05, 4.69) is 15.4 Å². The number of aromatic nitrogens is 3. The zero-order chi connectivity index (χ0) is 17.8. The average molecular weight is 336 g/mol. The minimum Gasteiger partial charge on any atom is -0.481 e. The van der Waals surface area contributed by atoms with Gasteiger partial charge in [-0.25, -0.2) is 4.68 Å². The molecule has 3 rings (SSSR count). The van der Waals surface area contributed by atoms with Crippen molar-refractivity contribution in [2.75, 3.05) is 5.32 Å². The summed E-state index contributed by atoms with van der Waals surface area (Å²) in [6.07, 6.45) is -0.660. The summed E-state index contributed by atoms with van der Waals surface area (Å²) in [6, 6.07) is 17.2. The number of carbonyl (C=O) groups is 1. The van der Waals surface area contributed by atoms with Crippen LogP contribution in [0.25, 0.3) is 5.69 Å². The third-order valence-corrected chi connectivity index (χ3v) is 3.71. The Morgan fingerprint density at radius 2 is 1.76 bits per heavy atom. The van der Waals surface area contributed by atoms with Crippen LogP contribution in [-0.2, 0) is 4.79 Å². The van der Waals surface area contributed by atoms with Crippen molar-refractivity contribution >= 4 is 11.9 Å². The molecular formula is C19H20N4O2. The van der Waals surface area contributed by atoms with E-state index in [0.717, 1.165) is 11.3 Å². The molecule has 6 nitrogen and oxygen atoms in total. The molecule has 0 aliphatic heterocycles. The fourth-order valence-corrected chi connectivity index (χ4v) is 2.34. The predicted molar refractivity (Wildman–Crippen MR) is 96.0 cm³/mol. The molecule has 2 aromatic carbocycles. The van der Waals surface area contributed by atoms with Gasteiger partial charge in [0.05, 0.1) is 5.69 Å². The summed E-state index contributed by atoms with van der Waals surface area (Å²) in [7, 11) is 0. The molecule has 1 aromatic heterocycles. The zero-order valence-electron chi connectivity index (χ0n) is 14.4. The number of hydrogen-bond acceptors (Lipinski definition) is 4. The second-order valence-corrected chi connectivity index (χ2v) is 5.79. The highest BCUT2D eigenvalue weighted by Gasteiger charge is 2.18. The van der Waals surface area contributed by atoms with Crippen LogP contribution in [-0.4, -0.2) is 26.8 Å². The van der Waals surface area contributed by atoms with Gasteiger partial charge in [-0.1, -0.05) is 35.9 Å². The molecule has 0 saturated heterocycles. The molecule has 0 saturated carbocycles. The fourth-order valence-electron chi connectivity index (χ4n) is 2.34. The van der Waals surface area contributed by atoms with Gasteiger partial charge in [-0.3, -0.25) is 10.1 Å².